The van der Waals surface area contributed by atoms with Crippen LogP contribution in [0.1, 0.15) is 12.0 Å². The minimum Gasteiger partial charge on any atom is -0.330 e. The van der Waals surface area contributed by atoms with E-state index in [9.17, 15) is 9.18 Å². The smallest absolute Gasteiger partial charge is 0.225 e. The Labute approximate surface area is 82.1 Å². The Bertz CT molecular complexity index is 319. The third kappa shape index (κ3) is 3.14. The molecule has 3 N–H and O–H groups in total. The number of amides is 1. The monoisotopic (exact) mass is 196 g/mol. The Morgan fingerprint density at radius 3 is 2.79 bits per heavy atom. The van der Waals surface area contributed by atoms with E-state index in [0.717, 1.165) is 5.56 Å². The molecule has 0 saturated carbocycles. The van der Waals surface area contributed by atoms with E-state index in [2.05, 4.69) is 5.32 Å². The largest absolute Gasteiger partial charge is 0.330 e. The lowest BCUT2D eigenvalue weighted by atomic mass is 10.2. The lowest BCUT2D eigenvalue weighted by molar-refractivity contribution is -0.116. The number of nitrogens with one attached hydrogen (secondary N) is 1. The minimum absolute atomic E-state index is 0.197. The molecular formula is C10H13FN2O. The summed E-state index contributed by atoms with van der Waals surface area (Å²) < 4.78 is 12.9. The highest BCUT2D eigenvalue weighted by atomic mass is 19.1. The van der Waals surface area contributed by atoms with E-state index in [1.807, 2.05) is 0 Å². The predicted molar refractivity (Wildman–Crippen MR) is 53.4 cm³/mol. The van der Waals surface area contributed by atoms with Gasteiger partial charge in [0, 0.05) is 18.7 Å². The molecule has 0 heterocycles. The number of halogens is 1. The summed E-state index contributed by atoms with van der Waals surface area (Å²) in [5.41, 5.74) is 6.45. The highest BCUT2D eigenvalue weighted by Crippen LogP contribution is 2.13. The molecule has 0 unspecified atom stereocenters. The van der Waals surface area contributed by atoms with E-state index in [0.29, 0.717) is 12.2 Å². The van der Waals surface area contributed by atoms with E-state index in [1.165, 1.54) is 12.1 Å². The Balaban J connectivity index is 2.71. The van der Waals surface area contributed by atoms with Crippen molar-refractivity contribution in [3.63, 3.8) is 0 Å². The molecule has 0 spiro atoms. The standard InChI is InChI=1S/C10H13FN2O/c1-7-4-8(11)6-9(5-7)13-10(14)2-3-12/h4-6H,2-3,12H2,1H3,(H,13,14). The molecule has 1 amide bonds. The van der Waals surface area contributed by atoms with Crippen LogP contribution in [0.2, 0.25) is 0 Å². The molecule has 14 heavy (non-hydrogen) atoms. The lowest BCUT2D eigenvalue weighted by Crippen LogP contribution is -2.16. The van der Waals surface area contributed by atoms with Gasteiger partial charge < -0.3 is 11.1 Å². The van der Waals surface area contributed by atoms with Gasteiger partial charge in [0.2, 0.25) is 5.91 Å². The predicted octanol–water partition coefficient (Wildman–Crippen LogP) is 1.42. The van der Waals surface area contributed by atoms with E-state index < -0.39 is 0 Å². The summed E-state index contributed by atoms with van der Waals surface area (Å²) in [5.74, 6) is -0.550. The summed E-state index contributed by atoms with van der Waals surface area (Å²) in [5, 5.41) is 2.57. The van der Waals surface area contributed by atoms with Crippen LogP contribution in [-0.4, -0.2) is 12.5 Å². The summed E-state index contributed by atoms with van der Waals surface area (Å²) in [4.78, 5) is 11.1. The molecule has 0 aliphatic rings. The van der Waals surface area contributed by atoms with E-state index in [-0.39, 0.29) is 18.1 Å². The van der Waals surface area contributed by atoms with Crippen molar-refractivity contribution >= 4 is 11.6 Å². The summed E-state index contributed by atoms with van der Waals surface area (Å²) >= 11 is 0. The molecule has 0 radical (unpaired) electrons. The van der Waals surface area contributed by atoms with Gasteiger partial charge in [-0.2, -0.15) is 0 Å². The van der Waals surface area contributed by atoms with Crippen LogP contribution < -0.4 is 11.1 Å². The first-order valence-electron chi connectivity index (χ1n) is 4.39. The van der Waals surface area contributed by atoms with Crippen molar-refractivity contribution in [3.8, 4) is 0 Å². The zero-order valence-electron chi connectivity index (χ0n) is 8.01. The molecule has 76 valence electrons. The number of rotatable bonds is 3. The van der Waals surface area contributed by atoms with Gasteiger partial charge in [-0.05, 0) is 30.7 Å². The first-order chi connectivity index (χ1) is 6.61. The van der Waals surface area contributed by atoms with Gasteiger partial charge in [0.15, 0.2) is 0 Å². The highest BCUT2D eigenvalue weighted by Gasteiger charge is 2.02. The molecule has 1 aromatic rings. The summed E-state index contributed by atoms with van der Waals surface area (Å²) in [7, 11) is 0. The molecule has 0 aliphatic carbocycles. The van der Waals surface area contributed by atoms with Crippen LogP contribution in [-0.2, 0) is 4.79 Å². The van der Waals surface area contributed by atoms with Crippen LogP contribution in [0.15, 0.2) is 18.2 Å². The second-order valence-electron chi connectivity index (χ2n) is 3.10. The fourth-order valence-corrected chi connectivity index (χ4v) is 1.16. The molecule has 0 saturated heterocycles. The maximum atomic E-state index is 12.9. The number of carbonyl (C=O) groups excluding carboxylic acids is 1. The molecule has 0 bridgehead atoms. The van der Waals surface area contributed by atoms with E-state index in [4.69, 9.17) is 5.73 Å². The molecule has 0 aliphatic heterocycles. The number of anilines is 1. The maximum Gasteiger partial charge on any atom is 0.225 e. The Kier molecular flexibility index (Phi) is 3.59. The van der Waals surface area contributed by atoms with Gasteiger partial charge in [-0.1, -0.05) is 0 Å². The third-order valence-electron chi connectivity index (χ3n) is 1.70. The van der Waals surface area contributed by atoms with E-state index in [1.54, 1.807) is 13.0 Å². The van der Waals surface area contributed by atoms with Gasteiger partial charge in [0.05, 0.1) is 0 Å². The van der Waals surface area contributed by atoms with Gasteiger partial charge in [0.25, 0.3) is 0 Å². The SMILES string of the molecule is Cc1cc(F)cc(NC(=O)CCN)c1. The number of carbonyl (C=O) groups is 1. The minimum atomic E-state index is -0.354. The summed E-state index contributed by atoms with van der Waals surface area (Å²) in [6, 6.07) is 4.39. The molecule has 1 rings (SSSR count). The zero-order chi connectivity index (χ0) is 10.6. The average molecular weight is 196 g/mol. The Morgan fingerprint density at radius 2 is 2.21 bits per heavy atom. The summed E-state index contributed by atoms with van der Waals surface area (Å²) in [6.45, 7) is 2.06. The fourth-order valence-electron chi connectivity index (χ4n) is 1.16. The van der Waals surface area contributed by atoms with Gasteiger partial charge in [-0.3, -0.25) is 4.79 Å². The van der Waals surface area contributed by atoms with Crippen molar-refractivity contribution in [3.05, 3.63) is 29.6 Å². The second kappa shape index (κ2) is 4.72. The molecule has 4 heteroatoms. The average Bonchev–Trinajstić information content (AvgIpc) is 2.01. The molecular weight excluding hydrogens is 183 g/mol. The molecule has 0 atom stereocenters. The normalized spacial score (nSPS) is 9.93. The molecule has 3 nitrogen and oxygen atoms in total. The van der Waals surface area contributed by atoms with Crippen LogP contribution in [0.3, 0.4) is 0 Å². The topological polar surface area (TPSA) is 55.1 Å². The number of aryl methyl sites for hydroxylation is 1. The number of hydrogen-bond acceptors (Lipinski definition) is 2. The third-order valence-corrected chi connectivity index (χ3v) is 1.70. The van der Waals surface area contributed by atoms with E-state index >= 15 is 0 Å². The molecule has 1 aromatic carbocycles. The van der Waals surface area contributed by atoms with Crippen molar-refractivity contribution in [2.75, 3.05) is 11.9 Å². The van der Waals surface area contributed by atoms with Crippen molar-refractivity contribution < 1.29 is 9.18 Å². The lowest BCUT2D eigenvalue weighted by Gasteiger charge is -2.05. The first kappa shape index (κ1) is 10.7. The van der Waals surface area contributed by atoms with Crippen molar-refractivity contribution in [2.45, 2.75) is 13.3 Å². The summed E-state index contributed by atoms with van der Waals surface area (Å²) in [6.07, 6.45) is 0.246. The quantitative estimate of drug-likeness (QED) is 0.768. The fraction of sp³-hybridized carbons (Fsp3) is 0.300. The van der Waals surface area contributed by atoms with Gasteiger partial charge in [0.1, 0.15) is 5.82 Å². The zero-order valence-corrected chi connectivity index (χ0v) is 8.01. The van der Waals surface area contributed by atoms with Crippen molar-refractivity contribution in [1.82, 2.24) is 0 Å². The number of hydrogen-bond donors (Lipinski definition) is 2. The molecule has 0 aromatic heterocycles. The van der Waals surface area contributed by atoms with Gasteiger partial charge in [-0.15, -0.1) is 0 Å². The van der Waals surface area contributed by atoms with Gasteiger partial charge in [-0.25, -0.2) is 4.39 Å². The Morgan fingerprint density at radius 1 is 1.50 bits per heavy atom. The van der Waals surface area contributed by atoms with Crippen molar-refractivity contribution in [2.24, 2.45) is 5.73 Å². The van der Waals surface area contributed by atoms with Crippen LogP contribution in [0.5, 0.6) is 0 Å². The Hall–Kier alpha value is -1.42. The maximum absolute atomic E-state index is 12.9. The van der Waals surface area contributed by atoms with Crippen molar-refractivity contribution in [1.29, 1.82) is 0 Å². The highest BCUT2D eigenvalue weighted by molar-refractivity contribution is 5.90. The second-order valence-corrected chi connectivity index (χ2v) is 3.10. The van der Waals surface area contributed by atoms with Crippen LogP contribution in [0, 0.1) is 12.7 Å². The van der Waals surface area contributed by atoms with Crippen LogP contribution >= 0.6 is 0 Å². The molecule has 0 fully saturated rings. The number of nitrogens with two attached hydrogens (primary N) is 1. The van der Waals surface area contributed by atoms with Crippen LogP contribution in [0.4, 0.5) is 10.1 Å². The van der Waals surface area contributed by atoms with Crippen LogP contribution in [0.25, 0.3) is 0 Å². The number of benzene rings is 1. The first-order valence-corrected chi connectivity index (χ1v) is 4.39. The van der Waals surface area contributed by atoms with Gasteiger partial charge >= 0.3 is 0 Å².